The Balaban J connectivity index is 2.23. The van der Waals surface area contributed by atoms with Crippen LogP contribution in [0.25, 0.3) is 0 Å². The van der Waals surface area contributed by atoms with Crippen molar-refractivity contribution < 1.29 is 4.74 Å². The van der Waals surface area contributed by atoms with E-state index in [1.807, 2.05) is 0 Å². The maximum atomic E-state index is 5.66. The Morgan fingerprint density at radius 2 is 2.31 bits per heavy atom. The maximum absolute atomic E-state index is 5.66. The molecule has 1 fully saturated rings. The van der Waals surface area contributed by atoms with Crippen LogP contribution in [0.4, 0.5) is 0 Å². The van der Waals surface area contributed by atoms with Gasteiger partial charge in [-0.05, 0) is 19.3 Å². The van der Waals surface area contributed by atoms with Crippen LogP contribution >= 0.6 is 0 Å². The molecule has 0 bridgehead atoms. The maximum Gasteiger partial charge on any atom is 0.0929 e. The molecule has 0 amide bonds. The predicted octanol–water partition coefficient (Wildman–Crippen LogP) is 0.998. The highest BCUT2D eigenvalue weighted by molar-refractivity contribution is 6.14. The molecule has 67 valence electrons. The van der Waals surface area contributed by atoms with Gasteiger partial charge in [0.25, 0.3) is 0 Å². The minimum absolute atomic E-state index is 0.396. The van der Waals surface area contributed by atoms with Gasteiger partial charge in [0.15, 0.2) is 0 Å². The number of aromatic nitrogens is 2. The van der Waals surface area contributed by atoms with Gasteiger partial charge in [0.2, 0.25) is 0 Å². The van der Waals surface area contributed by atoms with Gasteiger partial charge in [0.1, 0.15) is 0 Å². The summed E-state index contributed by atoms with van der Waals surface area (Å²) in [6.45, 7) is 0.792. The molecule has 1 aromatic rings. The van der Waals surface area contributed by atoms with Crippen LogP contribution in [0.3, 0.4) is 0 Å². The van der Waals surface area contributed by atoms with E-state index in [9.17, 15) is 0 Å². The Hall–Kier alpha value is -0.743. The van der Waals surface area contributed by atoms with Crippen LogP contribution in [-0.4, -0.2) is 26.8 Å². The van der Waals surface area contributed by atoms with E-state index in [1.165, 1.54) is 6.42 Å². The normalized spacial score (nSPS) is 28.7. The van der Waals surface area contributed by atoms with Gasteiger partial charge in [-0.1, -0.05) is 0 Å². The lowest BCUT2D eigenvalue weighted by molar-refractivity contribution is -0.0240. The second-order valence-electron chi connectivity index (χ2n) is 3.22. The van der Waals surface area contributed by atoms with Crippen molar-refractivity contribution >= 4 is 10.2 Å². The van der Waals surface area contributed by atoms with E-state index < -0.39 is 5.22 Å². The molecule has 0 spiro atoms. The van der Waals surface area contributed by atoms with Crippen molar-refractivity contribution in [1.29, 1.82) is 0 Å². The highest BCUT2D eigenvalue weighted by atomic mass is 28.1. The van der Waals surface area contributed by atoms with Crippen LogP contribution in [-0.2, 0) is 9.96 Å². The second-order valence-corrected chi connectivity index (χ2v) is 4.03. The first-order chi connectivity index (χ1) is 6.31. The van der Waals surface area contributed by atoms with Crippen molar-refractivity contribution in [3.05, 3.63) is 24.3 Å². The lowest BCUT2D eigenvalue weighted by Crippen LogP contribution is -2.34. The van der Waals surface area contributed by atoms with Crippen molar-refractivity contribution in [3.63, 3.8) is 0 Å². The zero-order valence-corrected chi connectivity index (χ0v) is 8.36. The Labute approximate surface area is 81.0 Å². The first-order valence-electron chi connectivity index (χ1n) is 4.47. The van der Waals surface area contributed by atoms with E-state index >= 15 is 0 Å². The first kappa shape index (κ1) is 8.84. The molecule has 1 unspecified atom stereocenters. The molecule has 4 heteroatoms. The molecule has 1 saturated heterocycles. The fourth-order valence-corrected chi connectivity index (χ4v) is 1.91. The molecule has 1 aliphatic heterocycles. The van der Waals surface area contributed by atoms with Gasteiger partial charge in [0, 0.05) is 19.0 Å². The third-order valence-electron chi connectivity index (χ3n) is 2.25. The summed E-state index contributed by atoms with van der Waals surface area (Å²) >= 11 is 0. The molecular formula is C9H11N2OSi. The van der Waals surface area contributed by atoms with Crippen molar-refractivity contribution in [2.75, 3.05) is 6.61 Å². The second kappa shape index (κ2) is 3.55. The average molecular weight is 191 g/mol. The molecule has 2 rings (SSSR count). The largest absolute Gasteiger partial charge is 0.373 e. The van der Waals surface area contributed by atoms with Gasteiger partial charge in [-0.3, -0.25) is 9.97 Å². The molecule has 1 aliphatic rings. The quantitative estimate of drug-likeness (QED) is 0.621. The molecule has 1 aromatic heterocycles. The van der Waals surface area contributed by atoms with Crippen LogP contribution in [0.5, 0.6) is 0 Å². The van der Waals surface area contributed by atoms with Crippen LogP contribution < -0.4 is 0 Å². The van der Waals surface area contributed by atoms with Crippen LogP contribution in [0, 0.1) is 0 Å². The molecule has 13 heavy (non-hydrogen) atoms. The number of hydrogen-bond donors (Lipinski definition) is 0. The Morgan fingerprint density at radius 3 is 2.92 bits per heavy atom. The van der Waals surface area contributed by atoms with Crippen molar-refractivity contribution in [2.45, 2.75) is 24.5 Å². The van der Waals surface area contributed by atoms with Gasteiger partial charge in [-0.25, -0.2) is 0 Å². The van der Waals surface area contributed by atoms with Crippen molar-refractivity contribution in [2.24, 2.45) is 0 Å². The van der Waals surface area contributed by atoms with Gasteiger partial charge < -0.3 is 4.74 Å². The summed E-state index contributed by atoms with van der Waals surface area (Å²) < 4.78 is 5.66. The first-order valence-corrected chi connectivity index (χ1v) is 4.97. The van der Waals surface area contributed by atoms with Gasteiger partial charge in [0.05, 0.1) is 27.4 Å². The summed E-state index contributed by atoms with van der Waals surface area (Å²) in [4.78, 5) is 8.27. The van der Waals surface area contributed by atoms with E-state index in [0.717, 1.165) is 25.1 Å². The molecule has 2 heterocycles. The summed E-state index contributed by atoms with van der Waals surface area (Å²) in [6.07, 6.45) is 8.37. The third kappa shape index (κ3) is 1.78. The zero-order chi connectivity index (χ0) is 9.15. The van der Waals surface area contributed by atoms with E-state index in [2.05, 4.69) is 20.2 Å². The summed E-state index contributed by atoms with van der Waals surface area (Å²) in [5.41, 5.74) is 0.867. The molecule has 0 saturated carbocycles. The standard InChI is InChI=1S/C9H11N2OSi/c13-9(3-1-2-6-12-9)8-7-10-4-5-11-8/h4-5,7H,1-3,6H2. The molecule has 0 aromatic carbocycles. The molecule has 0 aliphatic carbocycles. The number of nitrogens with zero attached hydrogens (tertiary/aromatic N) is 2. The molecule has 3 radical (unpaired) electrons. The fourth-order valence-electron chi connectivity index (χ4n) is 1.50. The monoisotopic (exact) mass is 191 g/mol. The highest BCUT2D eigenvalue weighted by Gasteiger charge is 2.31. The van der Waals surface area contributed by atoms with Gasteiger partial charge in [-0.15, -0.1) is 0 Å². The summed E-state index contributed by atoms with van der Waals surface area (Å²) in [6, 6.07) is 0. The molecular weight excluding hydrogens is 180 g/mol. The van der Waals surface area contributed by atoms with E-state index in [-0.39, 0.29) is 0 Å². The molecule has 1 atom stereocenters. The van der Waals surface area contributed by atoms with E-state index in [4.69, 9.17) is 4.74 Å². The minimum Gasteiger partial charge on any atom is -0.373 e. The van der Waals surface area contributed by atoms with Crippen LogP contribution in [0.2, 0.25) is 0 Å². The van der Waals surface area contributed by atoms with Crippen molar-refractivity contribution in [3.8, 4) is 0 Å². The van der Waals surface area contributed by atoms with Crippen LogP contribution in [0.1, 0.15) is 25.0 Å². The Kier molecular flexibility index (Phi) is 2.42. The Morgan fingerprint density at radius 1 is 1.38 bits per heavy atom. The number of rotatable bonds is 1. The SMILES string of the molecule is [Si]C1(c2cnccn2)CCCCO1. The fraction of sp³-hybridized carbons (Fsp3) is 0.556. The van der Waals surface area contributed by atoms with Crippen molar-refractivity contribution in [1.82, 2.24) is 9.97 Å². The summed E-state index contributed by atoms with van der Waals surface area (Å²) in [7, 11) is 3.63. The summed E-state index contributed by atoms with van der Waals surface area (Å²) in [5.74, 6) is 0. The number of ether oxygens (including phenoxy) is 1. The average Bonchev–Trinajstić information content (AvgIpc) is 2.20. The number of hydrogen-bond acceptors (Lipinski definition) is 3. The third-order valence-corrected chi connectivity index (χ3v) is 2.90. The summed E-state index contributed by atoms with van der Waals surface area (Å²) in [5, 5.41) is -0.396. The minimum atomic E-state index is -0.396. The van der Waals surface area contributed by atoms with E-state index in [1.54, 1.807) is 18.6 Å². The molecule has 3 nitrogen and oxygen atoms in total. The van der Waals surface area contributed by atoms with E-state index in [0.29, 0.717) is 0 Å². The topological polar surface area (TPSA) is 35.0 Å². The van der Waals surface area contributed by atoms with Gasteiger partial charge >= 0.3 is 0 Å². The molecule has 0 N–H and O–H groups in total. The lowest BCUT2D eigenvalue weighted by Gasteiger charge is -2.32. The zero-order valence-electron chi connectivity index (χ0n) is 7.36. The smallest absolute Gasteiger partial charge is 0.0929 e. The lowest BCUT2D eigenvalue weighted by atomic mass is 10.1. The predicted molar refractivity (Wildman–Crippen MR) is 49.3 cm³/mol. The highest BCUT2D eigenvalue weighted by Crippen LogP contribution is 2.29. The Bertz CT molecular complexity index is 272. The van der Waals surface area contributed by atoms with Crippen LogP contribution in [0.15, 0.2) is 18.6 Å². The van der Waals surface area contributed by atoms with Gasteiger partial charge in [-0.2, -0.15) is 0 Å².